The zero-order chi connectivity index (χ0) is 19.0. The number of guanidine groups is 1. The number of aliphatic hydroxyl groups excluding tert-OH is 1. The third kappa shape index (κ3) is 8.87. The monoisotopic (exact) mass is 376 g/mol. The third-order valence-electron chi connectivity index (χ3n) is 4.63. The van der Waals surface area contributed by atoms with Crippen LogP contribution in [-0.4, -0.2) is 57.5 Å². The summed E-state index contributed by atoms with van der Waals surface area (Å²) in [7, 11) is -3.28. The number of sulfonamides is 1. The van der Waals surface area contributed by atoms with E-state index < -0.39 is 15.6 Å². The molecule has 0 aliphatic heterocycles. The van der Waals surface area contributed by atoms with E-state index in [0.717, 1.165) is 38.6 Å². The van der Waals surface area contributed by atoms with Crippen molar-refractivity contribution in [3.05, 3.63) is 0 Å². The summed E-state index contributed by atoms with van der Waals surface area (Å²) in [5.74, 6) is 0.689. The Morgan fingerprint density at radius 3 is 2.36 bits per heavy atom. The maximum absolute atomic E-state index is 11.4. The second-order valence-corrected chi connectivity index (χ2v) is 9.59. The fourth-order valence-corrected chi connectivity index (χ4v) is 4.55. The van der Waals surface area contributed by atoms with Crippen molar-refractivity contribution in [3.63, 3.8) is 0 Å². The first-order chi connectivity index (χ1) is 11.6. The van der Waals surface area contributed by atoms with Gasteiger partial charge in [-0.15, -0.1) is 0 Å². The van der Waals surface area contributed by atoms with Gasteiger partial charge in [0.15, 0.2) is 5.96 Å². The van der Waals surface area contributed by atoms with Crippen LogP contribution in [0.15, 0.2) is 4.99 Å². The lowest BCUT2D eigenvalue weighted by Crippen LogP contribution is -2.48. The molecule has 0 heterocycles. The molecule has 148 valence electrons. The predicted molar refractivity (Wildman–Crippen MR) is 103 cm³/mol. The van der Waals surface area contributed by atoms with Gasteiger partial charge in [-0.2, -0.15) is 0 Å². The van der Waals surface area contributed by atoms with Crippen LogP contribution in [0.4, 0.5) is 0 Å². The van der Waals surface area contributed by atoms with Crippen molar-refractivity contribution in [1.29, 1.82) is 0 Å². The average molecular weight is 377 g/mol. The van der Waals surface area contributed by atoms with Crippen molar-refractivity contribution < 1.29 is 13.5 Å². The van der Waals surface area contributed by atoms with Gasteiger partial charge in [0.2, 0.25) is 10.0 Å². The molecule has 0 saturated heterocycles. The van der Waals surface area contributed by atoms with Gasteiger partial charge in [-0.05, 0) is 45.4 Å². The largest absolute Gasteiger partial charge is 0.396 e. The summed E-state index contributed by atoms with van der Waals surface area (Å²) < 4.78 is 25.5. The van der Waals surface area contributed by atoms with E-state index in [1.807, 2.05) is 20.8 Å². The van der Waals surface area contributed by atoms with E-state index in [1.54, 1.807) is 0 Å². The molecular formula is C17H36N4O3S. The summed E-state index contributed by atoms with van der Waals surface area (Å²) in [6, 6.07) is 0. The zero-order valence-corrected chi connectivity index (χ0v) is 17.0. The van der Waals surface area contributed by atoms with Gasteiger partial charge in [0.1, 0.15) is 0 Å². The van der Waals surface area contributed by atoms with Gasteiger partial charge in [0, 0.05) is 25.2 Å². The molecule has 0 atom stereocenters. The Labute approximate surface area is 153 Å². The first kappa shape index (κ1) is 22.2. The van der Waals surface area contributed by atoms with Gasteiger partial charge in [0.05, 0.1) is 12.8 Å². The van der Waals surface area contributed by atoms with Crippen LogP contribution in [0.2, 0.25) is 0 Å². The summed E-state index contributed by atoms with van der Waals surface area (Å²) in [5, 5.41) is 16.0. The Kier molecular flexibility index (Phi) is 8.63. The fourth-order valence-electron chi connectivity index (χ4n) is 3.48. The van der Waals surface area contributed by atoms with E-state index in [9.17, 15) is 13.5 Å². The Morgan fingerprint density at radius 2 is 1.84 bits per heavy atom. The molecule has 0 bridgehead atoms. The average Bonchev–Trinajstić information content (AvgIpc) is 2.49. The molecule has 1 aliphatic carbocycles. The van der Waals surface area contributed by atoms with Gasteiger partial charge in [-0.1, -0.05) is 19.3 Å². The van der Waals surface area contributed by atoms with Crippen LogP contribution in [-0.2, 0) is 10.0 Å². The minimum Gasteiger partial charge on any atom is -0.396 e. The standard InChI is InChI=1S/C17H36N4O3S/c1-5-18-15(19-13-16(2,3)21-25(4,23)24)20-14-17(11-12-22)9-7-6-8-10-17/h21-22H,5-14H2,1-4H3,(H2,18,19,20). The number of nitrogens with zero attached hydrogens (tertiary/aromatic N) is 1. The Balaban J connectivity index is 2.71. The highest BCUT2D eigenvalue weighted by molar-refractivity contribution is 7.88. The van der Waals surface area contributed by atoms with Crippen LogP contribution >= 0.6 is 0 Å². The summed E-state index contributed by atoms with van der Waals surface area (Å²) >= 11 is 0. The number of rotatable bonds is 9. The Hall–Kier alpha value is -0.860. The minimum absolute atomic E-state index is 0.129. The number of nitrogens with one attached hydrogen (secondary N) is 3. The minimum atomic E-state index is -3.28. The smallest absolute Gasteiger partial charge is 0.209 e. The lowest BCUT2D eigenvalue weighted by molar-refractivity contribution is 0.131. The Bertz CT molecular complexity index is 521. The van der Waals surface area contributed by atoms with Gasteiger partial charge in [-0.3, -0.25) is 4.99 Å². The van der Waals surface area contributed by atoms with E-state index in [0.29, 0.717) is 12.5 Å². The van der Waals surface area contributed by atoms with E-state index in [2.05, 4.69) is 20.3 Å². The maximum Gasteiger partial charge on any atom is 0.209 e. The number of hydrogen-bond donors (Lipinski definition) is 4. The molecule has 25 heavy (non-hydrogen) atoms. The normalized spacial score (nSPS) is 18.8. The first-order valence-corrected chi connectivity index (χ1v) is 11.1. The van der Waals surface area contributed by atoms with Gasteiger partial charge >= 0.3 is 0 Å². The van der Waals surface area contributed by atoms with E-state index in [1.165, 1.54) is 19.3 Å². The summed E-state index contributed by atoms with van der Waals surface area (Å²) in [6.45, 7) is 7.69. The van der Waals surface area contributed by atoms with Crippen LogP contribution in [0.25, 0.3) is 0 Å². The Morgan fingerprint density at radius 1 is 1.20 bits per heavy atom. The molecule has 7 nitrogen and oxygen atoms in total. The van der Waals surface area contributed by atoms with E-state index >= 15 is 0 Å². The van der Waals surface area contributed by atoms with E-state index in [4.69, 9.17) is 0 Å². The molecule has 0 spiro atoms. The van der Waals surface area contributed by atoms with Crippen molar-refractivity contribution >= 4 is 16.0 Å². The molecule has 0 unspecified atom stereocenters. The second kappa shape index (κ2) is 9.73. The lowest BCUT2D eigenvalue weighted by Gasteiger charge is -2.37. The van der Waals surface area contributed by atoms with Crippen LogP contribution in [0.1, 0.15) is 59.3 Å². The molecule has 0 radical (unpaired) electrons. The topological polar surface area (TPSA) is 103 Å². The second-order valence-electron chi connectivity index (χ2n) is 7.84. The molecule has 1 fully saturated rings. The molecule has 0 aromatic heterocycles. The molecule has 1 rings (SSSR count). The third-order valence-corrected chi connectivity index (χ3v) is 5.55. The van der Waals surface area contributed by atoms with E-state index in [-0.39, 0.29) is 12.0 Å². The first-order valence-electron chi connectivity index (χ1n) is 9.23. The lowest BCUT2D eigenvalue weighted by atomic mass is 9.72. The molecular weight excluding hydrogens is 340 g/mol. The van der Waals surface area contributed by atoms with Crippen molar-refractivity contribution in [2.24, 2.45) is 10.4 Å². The highest BCUT2D eigenvalue weighted by Gasteiger charge is 2.31. The molecule has 0 aromatic carbocycles. The van der Waals surface area contributed by atoms with Crippen LogP contribution in [0, 0.1) is 5.41 Å². The number of aliphatic imine (C=N–C) groups is 1. The van der Waals surface area contributed by atoms with Crippen molar-refractivity contribution in [2.75, 3.05) is 32.5 Å². The van der Waals surface area contributed by atoms with Crippen LogP contribution in [0.5, 0.6) is 0 Å². The quantitative estimate of drug-likeness (QED) is 0.358. The molecule has 1 aliphatic rings. The van der Waals surface area contributed by atoms with Crippen molar-refractivity contribution in [3.8, 4) is 0 Å². The van der Waals surface area contributed by atoms with Gasteiger partial charge in [0.25, 0.3) is 0 Å². The maximum atomic E-state index is 11.4. The number of hydrogen-bond acceptors (Lipinski definition) is 4. The summed E-state index contributed by atoms with van der Waals surface area (Å²) in [5.41, 5.74) is -0.521. The summed E-state index contributed by atoms with van der Waals surface area (Å²) in [6.07, 6.45) is 7.90. The zero-order valence-electron chi connectivity index (χ0n) is 16.2. The van der Waals surface area contributed by atoms with Gasteiger partial charge in [-0.25, -0.2) is 13.1 Å². The van der Waals surface area contributed by atoms with Crippen LogP contribution in [0.3, 0.4) is 0 Å². The SMILES string of the molecule is CCNC(=NCC(C)(C)NS(C)(=O)=O)NCC1(CCO)CCCCC1. The molecule has 8 heteroatoms. The van der Waals surface area contributed by atoms with Crippen molar-refractivity contribution in [2.45, 2.75) is 64.8 Å². The summed E-state index contributed by atoms with van der Waals surface area (Å²) in [4.78, 5) is 4.55. The highest BCUT2D eigenvalue weighted by Crippen LogP contribution is 2.38. The number of aliphatic hydroxyl groups is 1. The van der Waals surface area contributed by atoms with Crippen molar-refractivity contribution in [1.82, 2.24) is 15.4 Å². The predicted octanol–water partition coefficient (Wildman–Crippen LogP) is 1.20. The van der Waals surface area contributed by atoms with Crippen LogP contribution < -0.4 is 15.4 Å². The molecule has 0 amide bonds. The molecule has 0 aromatic rings. The highest BCUT2D eigenvalue weighted by atomic mass is 32.2. The molecule has 1 saturated carbocycles. The molecule has 4 N–H and O–H groups in total. The fraction of sp³-hybridized carbons (Fsp3) is 0.941. The van der Waals surface area contributed by atoms with Gasteiger partial charge < -0.3 is 15.7 Å².